The normalized spacial score (nSPS) is 25.1. The first-order valence-corrected chi connectivity index (χ1v) is 12.4. The van der Waals surface area contributed by atoms with Crippen molar-refractivity contribution >= 4 is 35.0 Å². The van der Waals surface area contributed by atoms with E-state index < -0.39 is 5.41 Å². The summed E-state index contributed by atoms with van der Waals surface area (Å²) in [6, 6.07) is 8.40. The van der Waals surface area contributed by atoms with Crippen molar-refractivity contribution in [3.63, 3.8) is 0 Å². The van der Waals surface area contributed by atoms with Gasteiger partial charge in [-0.25, -0.2) is 4.98 Å². The summed E-state index contributed by atoms with van der Waals surface area (Å²) in [5, 5.41) is 9.57. The number of fused-ring (bicyclic) bond motifs is 1. The van der Waals surface area contributed by atoms with Crippen LogP contribution in [0.3, 0.4) is 0 Å². The Balaban J connectivity index is 1.28. The van der Waals surface area contributed by atoms with E-state index in [4.69, 9.17) is 4.98 Å². The van der Waals surface area contributed by atoms with E-state index in [1.807, 2.05) is 17.0 Å². The van der Waals surface area contributed by atoms with Crippen LogP contribution in [0.15, 0.2) is 30.5 Å². The molecule has 1 atom stereocenters. The van der Waals surface area contributed by atoms with Gasteiger partial charge in [-0.1, -0.05) is 12.8 Å². The molecule has 2 aromatic rings. The van der Waals surface area contributed by atoms with Crippen molar-refractivity contribution in [2.24, 2.45) is 5.41 Å². The molecule has 3 fully saturated rings. The fraction of sp³-hybridized carbons (Fsp3) is 0.520. The molecule has 1 aromatic carbocycles. The molecule has 1 aromatic heterocycles. The summed E-state index contributed by atoms with van der Waals surface area (Å²) >= 11 is 0. The predicted molar refractivity (Wildman–Crippen MR) is 130 cm³/mol. The monoisotopic (exact) mass is 461 g/mol. The number of rotatable bonds is 4. The van der Waals surface area contributed by atoms with E-state index in [0.717, 1.165) is 63.1 Å². The van der Waals surface area contributed by atoms with Crippen molar-refractivity contribution in [1.82, 2.24) is 20.6 Å². The first kappa shape index (κ1) is 21.3. The Labute approximate surface area is 199 Å². The molecule has 9 heteroatoms. The highest BCUT2D eigenvalue weighted by Crippen LogP contribution is 2.44. The molecule has 6 rings (SSSR count). The minimum atomic E-state index is -1.01. The van der Waals surface area contributed by atoms with E-state index in [-0.39, 0.29) is 17.9 Å². The largest absolute Gasteiger partial charge is 0.369 e. The number of benzene rings is 1. The van der Waals surface area contributed by atoms with Gasteiger partial charge >= 0.3 is 0 Å². The van der Waals surface area contributed by atoms with Gasteiger partial charge in [0.15, 0.2) is 0 Å². The summed E-state index contributed by atoms with van der Waals surface area (Å²) in [4.78, 5) is 40.1. The third-order valence-electron chi connectivity index (χ3n) is 7.76. The molecular weight excluding hydrogens is 430 g/mol. The molecule has 0 bridgehead atoms. The highest BCUT2D eigenvalue weighted by molar-refractivity contribution is 6.14. The number of hydrogen-bond donors (Lipinski definition) is 3. The summed E-state index contributed by atoms with van der Waals surface area (Å²) in [5.74, 6) is 0.887. The summed E-state index contributed by atoms with van der Waals surface area (Å²) in [5.41, 5.74) is 1.98. The zero-order chi connectivity index (χ0) is 23.1. The highest BCUT2D eigenvalue weighted by atomic mass is 16.2. The van der Waals surface area contributed by atoms with Gasteiger partial charge in [-0.2, -0.15) is 4.98 Å². The predicted octanol–water partition coefficient (Wildman–Crippen LogP) is 1.97. The molecule has 3 N–H and O–H groups in total. The van der Waals surface area contributed by atoms with Crippen molar-refractivity contribution in [2.75, 3.05) is 47.8 Å². The van der Waals surface area contributed by atoms with Crippen molar-refractivity contribution in [3.05, 3.63) is 36.0 Å². The lowest BCUT2D eigenvalue weighted by Gasteiger charge is -2.40. The Bertz CT molecular complexity index is 1090. The van der Waals surface area contributed by atoms with Gasteiger partial charge in [-0.15, -0.1) is 0 Å². The maximum absolute atomic E-state index is 13.7. The number of amides is 2. The topological polar surface area (TPSA) is 102 Å². The zero-order valence-corrected chi connectivity index (χ0v) is 19.3. The number of nitrogens with one attached hydrogen (secondary N) is 3. The van der Waals surface area contributed by atoms with E-state index in [1.165, 1.54) is 5.69 Å². The van der Waals surface area contributed by atoms with E-state index in [0.29, 0.717) is 31.2 Å². The van der Waals surface area contributed by atoms with Gasteiger partial charge in [0.25, 0.3) is 0 Å². The van der Waals surface area contributed by atoms with Gasteiger partial charge in [-0.3, -0.25) is 14.5 Å². The van der Waals surface area contributed by atoms with Crippen molar-refractivity contribution in [3.8, 4) is 0 Å². The van der Waals surface area contributed by atoms with E-state index in [1.54, 1.807) is 6.20 Å². The van der Waals surface area contributed by atoms with Gasteiger partial charge in [0.2, 0.25) is 17.8 Å². The number of carbonyl (C=O) groups is 2. The van der Waals surface area contributed by atoms with E-state index in [2.05, 4.69) is 38.0 Å². The Hall–Kier alpha value is -3.20. The van der Waals surface area contributed by atoms with Gasteiger partial charge in [0, 0.05) is 68.3 Å². The Morgan fingerprint density at radius 3 is 2.50 bits per heavy atom. The summed E-state index contributed by atoms with van der Waals surface area (Å²) in [6.45, 7) is 4.56. The van der Waals surface area contributed by atoms with E-state index >= 15 is 0 Å². The lowest BCUT2D eigenvalue weighted by molar-refractivity contribution is -0.140. The van der Waals surface area contributed by atoms with Gasteiger partial charge in [0.1, 0.15) is 11.2 Å². The number of hydrogen-bond acceptors (Lipinski definition) is 7. The zero-order valence-electron chi connectivity index (χ0n) is 19.3. The molecule has 2 saturated heterocycles. The third-order valence-corrected chi connectivity index (χ3v) is 7.76. The highest BCUT2D eigenvalue weighted by Gasteiger charge is 2.56. The Kier molecular flexibility index (Phi) is 5.36. The average Bonchev–Trinajstić information content (AvgIpc) is 3.52. The van der Waals surface area contributed by atoms with Crippen LogP contribution in [0.1, 0.15) is 37.7 Å². The van der Waals surface area contributed by atoms with Crippen molar-refractivity contribution in [2.45, 2.75) is 44.6 Å². The van der Waals surface area contributed by atoms with Crippen LogP contribution in [0.5, 0.6) is 0 Å². The van der Waals surface area contributed by atoms with Gasteiger partial charge < -0.3 is 20.9 Å². The molecule has 1 saturated carbocycles. The number of anilines is 4. The van der Waals surface area contributed by atoms with Crippen LogP contribution in [-0.4, -0.2) is 60.5 Å². The van der Waals surface area contributed by atoms with Crippen LogP contribution in [0, 0.1) is 5.41 Å². The second-order valence-corrected chi connectivity index (χ2v) is 9.83. The Morgan fingerprint density at radius 2 is 1.79 bits per heavy atom. The molecule has 1 unspecified atom stereocenters. The number of aromatic nitrogens is 2. The average molecular weight is 462 g/mol. The molecule has 0 radical (unpaired) electrons. The SMILES string of the molecule is O=C1NCCC12Cc1cnc(Nc3ccc(N4CCNCC4)cc3)nc1N(C1CCCC1)C2=O. The summed E-state index contributed by atoms with van der Waals surface area (Å²) < 4.78 is 0. The fourth-order valence-electron chi connectivity index (χ4n) is 5.87. The molecule has 34 heavy (non-hydrogen) atoms. The smallest absolute Gasteiger partial charge is 0.244 e. The van der Waals surface area contributed by atoms with Crippen LogP contribution < -0.4 is 25.8 Å². The lowest BCUT2D eigenvalue weighted by atomic mass is 9.76. The molecule has 178 valence electrons. The van der Waals surface area contributed by atoms with Crippen LogP contribution in [-0.2, 0) is 16.0 Å². The second kappa shape index (κ2) is 8.54. The summed E-state index contributed by atoms with van der Waals surface area (Å²) in [7, 11) is 0. The lowest BCUT2D eigenvalue weighted by Crippen LogP contribution is -2.56. The maximum Gasteiger partial charge on any atom is 0.244 e. The Morgan fingerprint density at radius 1 is 1.03 bits per heavy atom. The minimum Gasteiger partial charge on any atom is -0.369 e. The molecular formula is C25H31N7O2. The molecule has 4 aliphatic rings. The molecule has 3 aliphatic heterocycles. The van der Waals surface area contributed by atoms with Crippen LogP contribution in [0.25, 0.3) is 0 Å². The quantitative estimate of drug-likeness (QED) is 0.598. The summed E-state index contributed by atoms with van der Waals surface area (Å²) in [6.07, 6.45) is 6.79. The molecule has 1 aliphatic carbocycles. The molecule has 9 nitrogen and oxygen atoms in total. The fourth-order valence-corrected chi connectivity index (χ4v) is 5.87. The second-order valence-electron chi connectivity index (χ2n) is 9.83. The first-order valence-electron chi connectivity index (χ1n) is 12.4. The number of carbonyl (C=O) groups excluding carboxylic acids is 2. The minimum absolute atomic E-state index is 0.0908. The van der Waals surface area contributed by atoms with Crippen LogP contribution >= 0.6 is 0 Å². The number of piperazine rings is 1. The van der Waals surface area contributed by atoms with Crippen molar-refractivity contribution in [1.29, 1.82) is 0 Å². The van der Waals surface area contributed by atoms with Gasteiger partial charge in [0.05, 0.1) is 0 Å². The third kappa shape index (κ3) is 3.58. The molecule has 2 amide bonds. The standard InChI is InChI=1S/C25H31N7O2/c33-22-25(9-10-27-22)15-17-16-28-24(30-21(17)32(23(25)34)20-3-1-2-4-20)29-18-5-7-19(8-6-18)31-13-11-26-12-14-31/h5-8,16,20,26H,1-4,9-15H2,(H,27,33)(H,28,29,30). The van der Waals surface area contributed by atoms with E-state index in [9.17, 15) is 9.59 Å². The maximum atomic E-state index is 13.7. The first-order chi connectivity index (χ1) is 16.6. The van der Waals surface area contributed by atoms with Crippen molar-refractivity contribution < 1.29 is 9.59 Å². The van der Waals surface area contributed by atoms with Gasteiger partial charge in [-0.05, 0) is 43.5 Å². The molecule has 4 heterocycles. The van der Waals surface area contributed by atoms with Crippen LogP contribution in [0.2, 0.25) is 0 Å². The van der Waals surface area contributed by atoms with Crippen LogP contribution in [0.4, 0.5) is 23.1 Å². The number of nitrogens with zero attached hydrogens (tertiary/aromatic N) is 4. The molecule has 1 spiro atoms.